The molecule has 0 spiro atoms. The first-order valence-electron chi connectivity index (χ1n) is 10.4. The fourth-order valence-corrected chi connectivity index (χ4v) is 4.52. The Hall–Kier alpha value is -3.54. The second-order valence-electron chi connectivity index (χ2n) is 8.03. The number of alkyl halides is 1. The number of hydrogen-bond donors (Lipinski definition) is 3. The number of anilines is 4. The number of amides is 1. The van der Waals surface area contributed by atoms with Crippen molar-refractivity contribution < 1.29 is 9.18 Å². The Bertz CT molecular complexity index is 1270. The van der Waals surface area contributed by atoms with Crippen molar-refractivity contribution in [2.24, 2.45) is 0 Å². The predicted octanol–water partition coefficient (Wildman–Crippen LogP) is 3.09. The van der Waals surface area contributed by atoms with E-state index in [4.69, 9.17) is 0 Å². The lowest BCUT2D eigenvalue weighted by Gasteiger charge is -2.23. The summed E-state index contributed by atoms with van der Waals surface area (Å²) < 4.78 is 16.1. The number of rotatable bonds is 6. The Morgan fingerprint density at radius 2 is 2.25 bits per heavy atom. The van der Waals surface area contributed by atoms with Gasteiger partial charge in [0.2, 0.25) is 11.9 Å². The van der Waals surface area contributed by atoms with Crippen molar-refractivity contribution in [1.82, 2.24) is 29.8 Å². The molecule has 2 aliphatic rings. The van der Waals surface area contributed by atoms with Gasteiger partial charge < -0.3 is 15.5 Å². The zero-order valence-corrected chi connectivity index (χ0v) is 17.7. The van der Waals surface area contributed by atoms with Crippen LogP contribution in [-0.4, -0.2) is 54.4 Å². The highest BCUT2D eigenvalue weighted by Crippen LogP contribution is 2.39. The summed E-state index contributed by atoms with van der Waals surface area (Å²) in [7, 11) is 0. The van der Waals surface area contributed by atoms with E-state index >= 15 is 0 Å². The Morgan fingerprint density at radius 1 is 1.34 bits per heavy atom. The number of halogens is 1. The van der Waals surface area contributed by atoms with Crippen molar-refractivity contribution in [3.8, 4) is 0 Å². The number of carbonyl (C=O) groups excluding carboxylic acids is 1. The van der Waals surface area contributed by atoms with Crippen LogP contribution in [0.4, 0.5) is 27.1 Å². The van der Waals surface area contributed by atoms with Gasteiger partial charge in [0, 0.05) is 41.9 Å². The van der Waals surface area contributed by atoms with E-state index in [1.807, 2.05) is 18.2 Å². The summed E-state index contributed by atoms with van der Waals surface area (Å²) in [6, 6.07) is 4.99. The Morgan fingerprint density at radius 3 is 3.06 bits per heavy atom. The quantitative estimate of drug-likeness (QED) is 0.411. The van der Waals surface area contributed by atoms with Crippen LogP contribution in [-0.2, 0) is 4.79 Å². The standard InChI is InChI=1S/C20H20FN9OS/c21-12-8-15(18(31)25-20-22-5-7-32-20)29(10-12)19-24-17(14-2-1-6-30(14)28-19)23-16-9-13(26-27-16)11-3-4-11/h1-2,5-7,9,11-12,15H,3-4,8,10H2,(H,22,25,31)(H2,23,24,26,27,28)/t12-,15+/m1/s1. The lowest BCUT2D eigenvalue weighted by Crippen LogP contribution is -2.41. The van der Waals surface area contributed by atoms with Crippen LogP contribution in [0, 0.1) is 0 Å². The van der Waals surface area contributed by atoms with Gasteiger partial charge in [-0.15, -0.1) is 16.4 Å². The number of fused-ring (bicyclic) bond motifs is 1. The van der Waals surface area contributed by atoms with E-state index in [1.165, 1.54) is 24.2 Å². The van der Waals surface area contributed by atoms with E-state index in [1.54, 1.807) is 27.2 Å². The van der Waals surface area contributed by atoms with Crippen LogP contribution in [0.5, 0.6) is 0 Å². The Labute approximate surface area is 185 Å². The third-order valence-electron chi connectivity index (χ3n) is 5.71. The van der Waals surface area contributed by atoms with Crippen LogP contribution in [0.15, 0.2) is 36.0 Å². The average molecular weight is 454 g/mol. The van der Waals surface area contributed by atoms with Gasteiger partial charge in [-0.2, -0.15) is 10.1 Å². The Balaban J connectivity index is 1.31. The first kappa shape index (κ1) is 19.2. The molecule has 4 aromatic heterocycles. The summed E-state index contributed by atoms with van der Waals surface area (Å²) in [4.78, 5) is 23.2. The van der Waals surface area contributed by atoms with Gasteiger partial charge in [0.15, 0.2) is 16.8 Å². The zero-order chi connectivity index (χ0) is 21.7. The zero-order valence-electron chi connectivity index (χ0n) is 16.9. The van der Waals surface area contributed by atoms with Crippen LogP contribution in [0.25, 0.3) is 5.52 Å². The molecule has 5 heterocycles. The molecule has 0 bridgehead atoms. The summed E-state index contributed by atoms with van der Waals surface area (Å²) >= 11 is 1.31. The molecule has 6 rings (SSSR count). The topological polar surface area (TPSA) is 116 Å². The number of aromatic nitrogens is 6. The molecule has 1 amide bonds. The number of nitrogens with one attached hydrogen (secondary N) is 3. The lowest BCUT2D eigenvalue weighted by atomic mass is 10.2. The fraction of sp³-hybridized carbons (Fsp3) is 0.350. The number of nitrogens with zero attached hydrogens (tertiary/aromatic N) is 6. The largest absolute Gasteiger partial charge is 0.324 e. The van der Waals surface area contributed by atoms with Crippen LogP contribution in [0.3, 0.4) is 0 Å². The minimum atomic E-state index is -1.16. The monoisotopic (exact) mass is 453 g/mol. The normalized spacial score (nSPS) is 20.7. The maximum Gasteiger partial charge on any atom is 0.249 e. The molecular weight excluding hydrogens is 433 g/mol. The number of H-pyrrole nitrogens is 1. The van der Waals surface area contributed by atoms with E-state index in [9.17, 15) is 9.18 Å². The Kier molecular flexibility index (Phi) is 4.52. The van der Waals surface area contributed by atoms with E-state index in [0.29, 0.717) is 22.7 Å². The SMILES string of the molecule is O=C(Nc1nccs1)[C@@H]1C[C@@H](F)CN1c1nc(Nc2cc(C3CC3)[nH]n2)c2cccn2n1. The first-order valence-corrected chi connectivity index (χ1v) is 11.3. The molecular formula is C20H20FN9OS. The molecule has 3 N–H and O–H groups in total. The van der Waals surface area contributed by atoms with E-state index in [2.05, 4.69) is 35.9 Å². The van der Waals surface area contributed by atoms with Crippen molar-refractivity contribution in [3.63, 3.8) is 0 Å². The molecule has 2 atom stereocenters. The molecule has 1 saturated carbocycles. The summed E-state index contributed by atoms with van der Waals surface area (Å²) in [5.41, 5.74) is 1.86. The maximum absolute atomic E-state index is 14.4. The smallest absolute Gasteiger partial charge is 0.249 e. The molecule has 164 valence electrons. The van der Waals surface area contributed by atoms with Gasteiger partial charge in [0.1, 0.15) is 17.7 Å². The number of thiazole rings is 1. The highest BCUT2D eigenvalue weighted by Gasteiger charge is 2.39. The van der Waals surface area contributed by atoms with Crippen LogP contribution in [0.2, 0.25) is 0 Å². The van der Waals surface area contributed by atoms with E-state index in [0.717, 1.165) is 11.2 Å². The molecule has 0 unspecified atom stereocenters. The third kappa shape index (κ3) is 3.55. The number of aromatic amines is 1. The van der Waals surface area contributed by atoms with Gasteiger partial charge in [-0.1, -0.05) is 0 Å². The molecule has 1 aliphatic heterocycles. The molecule has 32 heavy (non-hydrogen) atoms. The first-order chi connectivity index (χ1) is 15.6. The van der Waals surface area contributed by atoms with Crippen molar-refractivity contribution in [2.75, 3.05) is 22.1 Å². The second-order valence-corrected chi connectivity index (χ2v) is 8.93. The van der Waals surface area contributed by atoms with Gasteiger partial charge in [0.25, 0.3) is 0 Å². The molecule has 0 aromatic carbocycles. The predicted molar refractivity (Wildman–Crippen MR) is 118 cm³/mol. The van der Waals surface area contributed by atoms with Gasteiger partial charge in [-0.05, 0) is 25.0 Å². The molecule has 1 aliphatic carbocycles. The summed E-state index contributed by atoms with van der Waals surface area (Å²) in [6.45, 7) is 0.0381. The average Bonchev–Trinajstić information content (AvgIpc) is 3.21. The second kappa shape index (κ2) is 7.55. The molecule has 1 saturated heterocycles. The summed E-state index contributed by atoms with van der Waals surface area (Å²) in [5, 5.41) is 20.2. The number of carbonyl (C=O) groups is 1. The maximum atomic E-state index is 14.4. The molecule has 4 aromatic rings. The van der Waals surface area contributed by atoms with Gasteiger partial charge in [0.05, 0.1) is 6.54 Å². The van der Waals surface area contributed by atoms with Gasteiger partial charge >= 0.3 is 0 Å². The van der Waals surface area contributed by atoms with Gasteiger partial charge in [-0.25, -0.2) is 13.9 Å². The summed E-state index contributed by atoms with van der Waals surface area (Å²) in [5.74, 6) is 1.69. The molecule has 0 radical (unpaired) electrons. The van der Waals surface area contributed by atoms with Crippen molar-refractivity contribution in [3.05, 3.63) is 41.7 Å². The van der Waals surface area contributed by atoms with Crippen LogP contribution >= 0.6 is 11.3 Å². The summed E-state index contributed by atoms with van der Waals surface area (Å²) in [6.07, 6.45) is 4.65. The highest BCUT2D eigenvalue weighted by atomic mass is 32.1. The minimum Gasteiger partial charge on any atom is -0.324 e. The van der Waals surface area contributed by atoms with E-state index < -0.39 is 12.2 Å². The third-order valence-corrected chi connectivity index (χ3v) is 6.40. The van der Waals surface area contributed by atoms with Crippen molar-refractivity contribution in [1.29, 1.82) is 0 Å². The lowest BCUT2D eigenvalue weighted by molar-refractivity contribution is -0.117. The highest BCUT2D eigenvalue weighted by molar-refractivity contribution is 7.13. The minimum absolute atomic E-state index is 0.0381. The molecule has 10 nitrogen and oxygen atoms in total. The van der Waals surface area contributed by atoms with Crippen molar-refractivity contribution >= 4 is 45.5 Å². The van der Waals surface area contributed by atoms with Gasteiger partial charge in [-0.3, -0.25) is 9.89 Å². The van der Waals surface area contributed by atoms with Crippen molar-refractivity contribution in [2.45, 2.75) is 37.4 Å². The fourth-order valence-electron chi connectivity index (χ4n) is 3.99. The molecule has 12 heteroatoms. The molecule has 2 fully saturated rings. The van der Waals surface area contributed by atoms with Crippen LogP contribution < -0.4 is 15.5 Å². The number of hydrogen-bond acceptors (Lipinski definition) is 8. The van der Waals surface area contributed by atoms with E-state index in [-0.39, 0.29) is 24.8 Å². The van der Waals surface area contributed by atoms with Crippen LogP contribution in [0.1, 0.15) is 30.9 Å².